The second-order valence-corrected chi connectivity index (χ2v) is 9.95. The lowest BCUT2D eigenvalue weighted by Gasteiger charge is -2.30. The summed E-state index contributed by atoms with van der Waals surface area (Å²) in [6.07, 6.45) is 13.8. The van der Waals surface area contributed by atoms with Crippen LogP contribution in [-0.2, 0) is 25.4 Å². The van der Waals surface area contributed by atoms with Gasteiger partial charge in [-0.1, -0.05) is 48.6 Å². The van der Waals surface area contributed by atoms with Crippen LogP contribution in [0.25, 0.3) is 0 Å². The van der Waals surface area contributed by atoms with Crippen LogP contribution < -0.4 is 0 Å². The summed E-state index contributed by atoms with van der Waals surface area (Å²) in [4.78, 5) is 0. The minimum atomic E-state index is -0.364. The third-order valence-electron chi connectivity index (χ3n) is 7.51. The maximum absolute atomic E-state index is 10.8. The number of aryl methyl sites for hydroxylation is 1. The molecule has 0 aromatic heterocycles. The zero-order chi connectivity index (χ0) is 23.6. The summed E-state index contributed by atoms with van der Waals surface area (Å²) in [5.74, 6) is 0.296. The molecule has 4 rings (SSSR count). The molecule has 2 saturated heterocycles. The van der Waals surface area contributed by atoms with Gasteiger partial charge in [0, 0.05) is 38.8 Å². The Labute approximate surface area is 205 Å². The van der Waals surface area contributed by atoms with Crippen LogP contribution in [0, 0.1) is 11.8 Å². The van der Waals surface area contributed by atoms with E-state index in [0.29, 0.717) is 6.42 Å². The fraction of sp³-hybridized carbons (Fsp3) is 0.655. The van der Waals surface area contributed by atoms with E-state index in [1.807, 2.05) is 6.08 Å². The molecule has 3 fully saturated rings. The van der Waals surface area contributed by atoms with Gasteiger partial charge in [0.05, 0.1) is 30.5 Å². The molecular formula is C29H42O5. The van der Waals surface area contributed by atoms with Crippen LogP contribution in [-0.4, -0.2) is 62.1 Å². The van der Waals surface area contributed by atoms with Crippen molar-refractivity contribution in [1.82, 2.24) is 0 Å². The summed E-state index contributed by atoms with van der Waals surface area (Å²) in [5, 5.41) is 10.8. The van der Waals surface area contributed by atoms with Gasteiger partial charge in [-0.2, -0.15) is 0 Å². The molecule has 1 aromatic rings. The molecule has 1 aliphatic carbocycles. The van der Waals surface area contributed by atoms with Crippen LogP contribution in [0.4, 0.5) is 0 Å². The highest BCUT2D eigenvalue weighted by Gasteiger charge is 2.42. The number of hydrogen-bond acceptors (Lipinski definition) is 5. The minimum Gasteiger partial charge on any atom is -0.393 e. The van der Waals surface area contributed by atoms with E-state index in [1.54, 1.807) is 0 Å². The van der Waals surface area contributed by atoms with E-state index in [4.69, 9.17) is 18.9 Å². The Morgan fingerprint density at radius 2 is 1.68 bits per heavy atom. The second-order valence-electron chi connectivity index (χ2n) is 9.95. The Balaban J connectivity index is 1.45. The number of hydrogen-bond donors (Lipinski definition) is 1. The van der Waals surface area contributed by atoms with Crippen molar-refractivity contribution in [2.45, 2.75) is 81.9 Å². The molecule has 5 atom stereocenters. The van der Waals surface area contributed by atoms with E-state index in [0.717, 1.165) is 71.4 Å². The maximum Gasteiger partial charge on any atom is 0.0762 e. The molecule has 0 radical (unpaired) electrons. The molecule has 5 heteroatoms. The number of rotatable bonds is 11. The van der Waals surface area contributed by atoms with Gasteiger partial charge in [0.25, 0.3) is 0 Å². The largest absolute Gasteiger partial charge is 0.393 e. The Bertz CT molecular complexity index is 738. The lowest BCUT2D eigenvalue weighted by Crippen LogP contribution is -2.31. The van der Waals surface area contributed by atoms with E-state index in [9.17, 15) is 5.11 Å². The average molecular weight is 471 g/mol. The molecule has 0 amide bonds. The molecular weight excluding hydrogens is 428 g/mol. The zero-order valence-corrected chi connectivity index (χ0v) is 20.4. The van der Waals surface area contributed by atoms with Crippen molar-refractivity contribution in [2.75, 3.05) is 26.4 Å². The highest BCUT2D eigenvalue weighted by molar-refractivity contribution is 5.15. The number of aliphatic hydroxyl groups is 1. The molecule has 188 valence electrons. The normalized spacial score (nSPS) is 30.0. The molecule has 0 spiro atoms. The first-order valence-corrected chi connectivity index (χ1v) is 13.2. The molecule has 34 heavy (non-hydrogen) atoms. The fourth-order valence-electron chi connectivity index (χ4n) is 5.56. The topological polar surface area (TPSA) is 57.2 Å². The summed E-state index contributed by atoms with van der Waals surface area (Å²) in [6.45, 7) is 7.01. The van der Waals surface area contributed by atoms with Crippen LogP contribution in [0.3, 0.4) is 0 Å². The molecule has 1 saturated carbocycles. The van der Waals surface area contributed by atoms with Crippen LogP contribution >= 0.6 is 0 Å². The van der Waals surface area contributed by atoms with Gasteiger partial charge < -0.3 is 24.1 Å². The third kappa shape index (κ3) is 7.50. The van der Waals surface area contributed by atoms with E-state index in [-0.39, 0.29) is 42.4 Å². The number of ether oxygens (including phenoxy) is 4. The van der Waals surface area contributed by atoms with Crippen LogP contribution in [0.1, 0.15) is 50.5 Å². The molecule has 1 aromatic carbocycles. The van der Waals surface area contributed by atoms with Crippen molar-refractivity contribution in [3.05, 3.63) is 60.7 Å². The van der Waals surface area contributed by atoms with Gasteiger partial charge in [0.2, 0.25) is 0 Å². The van der Waals surface area contributed by atoms with Crippen LogP contribution in [0.2, 0.25) is 0 Å². The molecule has 3 aliphatic rings. The van der Waals surface area contributed by atoms with Crippen molar-refractivity contribution in [3.63, 3.8) is 0 Å². The van der Waals surface area contributed by atoms with E-state index < -0.39 is 0 Å². The van der Waals surface area contributed by atoms with Crippen LogP contribution in [0.15, 0.2) is 55.1 Å². The predicted molar refractivity (Wildman–Crippen MR) is 134 cm³/mol. The first-order chi connectivity index (χ1) is 16.7. The van der Waals surface area contributed by atoms with Gasteiger partial charge in [-0.05, 0) is 56.4 Å². The van der Waals surface area contributed by atoms with Crippen molar-refractivity contribution in [1.29, 1.82) is 0 Å². The van der Waals surface area contributed by atoms with Gasteiger partial charge in [-0.15, -0.1) is 6.58 Å². The fourth-order valence-corrected chi connectivity index (χ4v) is 5.56. The second kappa shape index (κ2) is 13.6. The Hall–Kier alpha value is -1.50. The van der Waals surface area contributed by atoms with Gasteiger partial charge >= 0.3 is 0 Å². The number of allylic oxidation sites excluding steroid dienone is 1. The summed E-state index contributed by atoms with van der Waals surface area (Å²) >= 11 is 0. The lowest BCUT2D eigenvalue weighted by molar-refractivity contribution is -0.0776. The van der Waals surface area contributed by atoms with E-state index in [2.05, 4.69) is 49.1 Å². The van der Waals surface area contributed by atoms with Crippen molar-refractivity contribution in [2.24, 2.45) is 11.8 Å². The summed E-state index contributed by atoms with van der Waals surface area (Å²) < 4.78 is 24.1. The smallest absolute Gasteiger partial charge is 0.0762 e. The molecule has 2 aliphatic heterocycles. The number of aliphatic hydroxyl groups excluding tert-OH is 1. The summed E-state index contributed by atoms with van der Waals surface area (Å²) in [7, 11) is 0. The van der Waals surface area contributed by atoms with Gasteiger partial charge in [0.1, 0.15) is 0 Å². The maximum atomic E-state index is 10.8. The molecule has 0 unspecified atom stereocenters. The lowest BCUT2D eigenvalue weighted by atomic mass is 9.89. The molecule has 1 N–H and O–H groups in total. The first kappa shape index (κ1) is 25.6. The monoisotopic (exact) mass is 470 g/mol. The zero-order valence-electron chi connectivity index (χ0n) is 20.4. The minimum absolute atomic E-state index is 0.0251. The Kier molecular flexibility index (Phi) is 10.2. The standard InChI is InChI=1S/C29H42O5/c1-2-6-26-27(29(21-28(26)30)34-25-15-19-32-20-16-25)12-11-23(33-24-13-17-31-18-14-24)10-9-22-7-4-3-5-8-22/h2-5,7-8,11-12,23-30H,1,6,9-10,13-21H2/b12-11+/t23-,26+,27+,28-,29+/m0/s1. The summed E-state index contributed by atoms with van der Waals surface area (Å²) in [5.41, 5.74) is 1.33. The highest BCUT2D eigenvalue weighted by atomic mass is 16.5. The highest BCUT2D eigenvalue weighted by Crippen LogP contribution is 2.39. The van der Waals surface area contributed by atoms with E-state index in [1.165, 1.54) is 5.56 Å². The quantitative estimate of drug-likeness (QED) is 0.467. The molecule has 0 bridgehead atoms. The van der Waals surface area contributed by atoms with Crippen molar-refractivity contribution in [3.8, 4) is 0 Å². The van der Waals surface area contributed by atoms with Crippen LogP contribution in [0.5, 0.6) is 0 Å². The van der Waals surface area contributed by atoms with Gasteiger partial charge in [0.15, 0.2) is 0 Å². The SMILES string of the molecule is C=CC[C@@H]1[C@@H](/C=C/[C@H](CCc2ccccc2)OC2CCOCC2)[C@H](OC2CCOCC2)C[C@@H]1O. The third-order valence-corrected chi connectivity index (χ3v) is 7.51. The van der Waals surface area contributed by atoms with Crippen molar-refractivity contribution < 1.29 is 24.1 Å². The molecule has 2 heterocycles. The summed E-state index contributed by atoms with van der Waals surface area (Å²) in [6, 6.07) is 10.6. The first-order valence-electron chi connectivity index (χ1n) is 13.2. The van der Waals surface area contributed by atoms with Crippen molar-refractivity contribution >= 4 is 0 Å². The average Bonchev–Trinajstić information content (AvgIpc) is 3.16. The molecule has 5 nitrogen and oxygen atoms in total. The number of benzene rings is 1. The van der Waals surface area contributed by atoms with E-state index >= 15 is 0 Å². The van der Waals surface area contributed by atoms with Gasteiger partial charge in [-0.3, -0.25) is 0 Å². The Morgan fingerprint density at radius 1 is 1.00 bits per heavy atom. The van der Waals surface area contributed by atoms with Gasteiger partial charge in [-0.25, -0.2) is 0 Å². The predicted octanol–water partition coefficient (Wildman–Crippen LogP) is 4.88. The Morgan fingerprint density at radius 3 is 2.35 bits per heavy atom.